The number of carbonyl (C=O) groups excluding carboxylic acids is 1. The first-order valence-corrected chi connectivity index (χ1v) is 8.16. The third-order valence-corrected chi connectivity index (χ3v) is 3.93. The molecule has 138 valence electrons. The molecule has 0 radical (unpaired) electrons. The van der Waals surface area contributed by atoms with E-state index in [0.717, 1.165) is 12.1 Å². The van der Waals surface area contributed by atoms with Crippen molar-refractivity contribution >= 4 is 34.6 Å². The van der Waals surface area contributed by atoms with Crippen LogP contribution >= 0.6 is 11.6 Å². The maximum atomic E-state index is 12.8. The van der Waals surface area contributed by atoms with Crippen LogP contribution in [0.3, 0.4) is 0 Å². The Balaban J connectivity index is 1.78. The van der Waals surface area contributed by atoms with Crippen molar-refractivity contribution in [2.45, 2.75) is 6.18 Å². The maximum absolute atomic E-state index is 12.8. The number of hydrogen-bond donors (Lipinski definition) is 2. The lowest BCUT2D eigenvalue weighted by Gasteiger charge is -2.11. The van der Waals surface area contributed by atoms with E-state index in [1.807, 2.05) is 0 Å². The summed E-state index contributed by atoms with van der Waals surface area (Å²) in [6.07, 6.45) is -1.68. The number of nitrogens with one attached hydrogen (secondary N) is 2. The van der Waals surface area contributed by atoms with Crippen molar-refractivity contribution in [1.29, 1.82) is 0 Å². The molecule has 8 heteroatoms. The van der Waals surface area contributed by atoms with Crippen LogP contribution < -0.4 is 10.6 Å². The van der Waals surface area contributed by atoms with Crippen molar-refractivity contribution in [3.05, 3.63) is 83.1 Å². The molecular weight excluding hydrogens is 379 g/mol. The van der Waals surface area contributed by atoms with Crippen LogP contribution in [0.5, 0.6) is 0 Å². The molecule has 2 aromatic carbocycles. The number of nitrogens with zero attached hydrogens (tertiary/aromatic N) is 1. The smallest absolute Gasteiger partial charge is 0.354 e. The van der Waals surface area contributed by atoms with Crippen molar-refractivity contribution in [1.82, 2.24) is 4.98 Å². The van der Waals surface area contributed by atoms with Gasteiger partial charge in [-0.2, -0.15) is 13.2 Å². The van der Waals surface area contributed by atoms with Crippen molar-refractivity contribution in [3.8, 4) is 0 Å². The first kappa shape index (κ1) is 18.7. The normalized spacial score (nSPS) is 11.1. The molecule has 2 N–H and O–H groups in total. The molecule has 0 atom stereocenters. The summed E-state index contributed by atoms with van der Waals surface area (Å²) in [5, 5.41) is 5.86. The molecular formula is C19H13ClF3N3O. The van der Waals surface area contributed by atoms with Crippen molar-refractivity contribution in [2.75, 3.05) is 10.6 Å². The third kappa shape index (κ3) is 4.77. The van der Waals surface area contributed by atoms with E-state index in [-0.39, 0.29) is 11.3 Å². The second-order valence-corrected chi connectivity index (χ2v) is 6.01. The number of para-hydroxylation sites is 1. The second kappa shape index (κ2) is 7.67. The molecule has 1 heterocycles. The van der Waals surface area contributed by atoms with E-state index in [4.69, 9.17) is 11.6 Å². The van der Waals surface area contributed by atoms with Gasteiger partial charge in [-0.3, -0.25) is 9.78 Å². The summed E-state index contributed by atoms with van der Waals surface area (Å²) < 4.78 is 38.4. The molecule has 27 heavy (non-hydrogen) atoms. The molecule has 0 saturated carbocycles. The van der Waals surface area contributed by atoms with Crippen molar-refractivity contribution < 1.29 is 18.0 Å². The predicted octanol–water partition coefficient (Wildman–Crippen LogP) is 5.75. The molecule has 0 spiro atoms. The zero-order chi connectivity index (χ0) is 19.4. The number of pyridine rings is 1. The summed E-state index contributed by atoms with van der Waals surface area (Å²) in [6.45, 7) is 0. The average Bonchev–Trinajstić information content (AvgIpc) is 2.63. The van der Waals surface area contributed by atoms with Crippen LogP contribution in [0.2, 0.25) is 5.02 Å². The molecule has 1 amide bonds. The largest absolute Gasteiger partial charge is 0.416 e. The number of amides is 1. The lowest BCUT2D eigenvalue weighted by atomic mass is 10.2. The highest BCUT2D eigenvalue weighted by Crippen LogP contribution is 2.31. The van der Waals surface area contributed by atoms with Gasteiger partial charge in [0.1, 0.15) is 0 Å². The summed E-state index contributed by atoms with van der Waals surface area (Å²) in [5.41, 5.74) is 0.511. The topological polar surface area (TPSA) is 54.0 Å². The molecule has 0 aliphatic rings. The first-order chi connectivity index (χ1) is 12.8. The standard InChI is InChI=1S/C19H13ClF3N3O/c20-16-6-1-2-7-17(16)26-18(27)12-8-15(11-24-10-12)25-14-5-3-4-13(9-14)19(21,22)23/h1-11,25H,(H,26,27). The summed E-state index contributed by atoms with van der Waals surface area (Å²) in [4.78, 5) is 16.3. The van der Waals surface area contributed by atoms with Crippen LogP contribution in [0.1, 0.15) is 15.9 Å². The monoisotopic (exact) mass is 391 g/mol. The molecule has 0 saturated heterocycles. The highest BCUT2D eigenvalue weighted by molar-refractivity contribution is 6.33. The fraction of sp³-hybridized carbons (Fsp3) is 0.0526. The van der Waals surface area contributed by atoms with Gasteiger partial charge in [0, 0.05) is 11.9 Å². The highest BCUT2D eigenvalue weighted by Gasteiger charge is 2.30. The van der Waals surface area contributed by atoms with Gasteiger partial charge < -0.3 is 10.6 Å². The Labute approximate surface area is 158 Å². The van der Waals surface area contributed by atoms with Gasteiger partial charge in [-0.15, -0.1) is 0 Å². The quantitative estimate of drug-likeness (QED) is 0.595. The van der Waals surface area contributed by atoms with E-state index in [9.17, 15) is 18.0 Å². The molecule has 0 bridgehead atoms. The molecule has 0 fully saturated rings. The van der Waals surface area contributed by atoms with E-state index < -0.39 is 17.6 Å². The molecule has 1 aromatic heterocycles. The first-order valence-electron chi connectivity index (χ1n) is 7.78. The van der Waals surface area contributed by atoms with E-state index in [2.05, 4.69) is 15.6 Å². The van der Waals surface area contributed by atoms with Gasteiger partial charge in [-0.1, -0.05) is 29.8 Å². The summed E-state index contributed by atoms with van der Waals surface area (Å²) >= 11 is 6.01. The van der Waals surface area contributed by atoms with E-state index in [0.29, 0.717) is 16.4 Å². The highest BCUT2D eigenvalue weighted by atomic mass is 35.5. The van der Waals surface area contributed by atoms with Gasteiger partial charge in [0.2, 0.25) is 0 Å². The number of halogens is 4. The number of alkyl halides is 3. The minimum Gasteiger partial charge on any atom is -0.354 e. The van der Waals surface area contributed by atoms with Gasteiger partial charge in [-0.05, 0) is 36.4 Å². The second-order valence-electron chi connectivity index (χ2n) is 5.60. The minimum atomic E-state index is -4.44. The number of carbonyl (C=O) groups is 1. The molecule has 0 aliphatic carbocycles. The molecule has 0 aliphatic heterocycles. The van der Waals surface area contributed by atoms with Crippen LogP contribution in [-0.4, -0.2) is 10.9 Å². The van der Waals surface area contributed by atoms with Crippen LogP contribution in [-0.2, 0) is 6.18 Å². The van der Waals surface area contributed by atoms with E-state index in [1.165, 1.54) is 30.6 Å². The number of aromatic nitrogens is 1. The molecule has 0 unspecified atom stereocenters. The fourth-order valence-electron chi connectivity index (χ4n) is 2.33. The van der Waals surface area contributed by atoms with Gasteiger partial charge in [-0.25, -0.2) is 0 Å². The number of anilines is 3. The van der Waals surface area contributed by atoms with E-state index in [1.54, 1.807) is 24.3 Å². The molecule has 3 rings (SSSR count). The minimum absolute atomic E-state index is 0.229. The summed E-state index contributed by atoms with van der Waals surface area (Å²) in [7, 11) is 0. The van der Waals surface area contributed by atoms with Crippen LogP contribution in [0.15, 0.2) is 67.0 Å². The van der Waals surface area contributed by atoms with Crippen molar-refractivity contribution in [3.63, 3.8) is 0 Å². The van der Waals surface area contributed by atoms with Gasteiger partial charge in [0.15, 0.2) is 0 Å². The van der Waals surface area contributed by atoms with Gasteiger partial charge in [0.05, 0.1) is 33.7 Å². The lowest BCUT2D eigenvalue weighted by Crippen LogP contribution is -2.12. The molecule has 4 nitrogen and oxygen atoms in total. The Hall–Kier alpha value is -3.06. The zero-order valence-electron chi connectivity index (χ0n) is 13.7. The number of rotatable bonds is 4. The van der Waals surface area contributed by atoms with Crippen LogP contribution in [0.4, 0.5) is 30.2 Å². The number of hydrogen-bond acceptors (Lipinski definition) is 3. The summed E-state index contributed by atoms with van der Waals surface area (Å²) in [5.74, 6) is -0.441. The van der Waals surface area contributed by atoms with Crippen molar-refractivity contribution in [2.24, 2.45) is 0 Å². The van der Waals surface area contributed by atoms with Gasteiger partial charge >= 0.3 is 6.18 Å². The SMILES string of the molecule is O=C(Nc1ccccc1Cl)c1cncc(Nc2cccc(C(F)(F)F)c2)c1. The molecule has 3 aromatic rings. The average molecular weight is 392 g/mol. The number of benzene rings is 2. The Kier molecular flexibility index (Phi) is 5.32. The Bertz CT molecular complexity index is 976. The predicted molar refractivity (Wildman–Crippen MR) is 98.4 cm³/mol. The third-order valence-electron chi connectivity index (χ3n) is 3.60. The fourth-order valence-corrected chi connectivity index (χ4v) is 2.51. The van der Waals surface area contributed by atoms with E-state index >= 15 is 0 Å². The lowest BCUT2D eigenvalue weighted by molar-refractivity contribution is -0.137. The van der Waals surface area contributed by atoms with Gasteiger partial charge in [0.25, 0.3) is 5.91 Å². The van der Waals surface area contributed by atoms with Crippen LogP contribution in [0.25, 0.3) is 0 Å². The maximum Gasteiger partial charge on any atom is 0.416 e. The zero-order valence-corrected chi connectivity index (χ0v) is 14.5. The Morgan fingerprint density at radius 2 is 1.74 bits per heavy atom. The Morgan fingerprint density at radius 1 is 0.963 bits per heavy atom. The summed E-state index contributed by atoms with van der Waals surface area (Å²) in [6, 6.07) is 13.0. The Morgan fingerprint density at radius 3 is 2.48 bits per heavy atom. The van der Waals surface area contributed by atoms with Crippen LogP contribution in [0, 0.1) is 0 Å².